The molecule has 0 aromatic carbocycles. The largest absolute Gasteiger partial charge is 0.395 e. The van der Waals surface area contributed by atoms with Crippen molar-refractivity contribution in [2.45, 2.75) is 24.4 Å². The molecule has 2 N–H and O–H groups in total. The van der Waals surface area contributed by atoms with Gasteiger partial charge in [-0.3, -0.25) is 9.11 Å². The predicted octanol–water partition coefficient (Wildman–Crippen LogP) is 2.40. The Morgan fingerprint density at radius 2 is 1.39 bits per heavy atom. The molecule has 1 atom stereocenters. The minimum atomic E-state index is -6.00. The summed E-state index contributed by atoms with van der Waals surface area (Å²) in [5.41, 5.74) is -3.53. The van der Waals surface area contributed by atoms with Gasteiger partial charge in [0.2, 0.25) is 0 Å². The van der Waals surface area contributed by atoms with E-state index >= 15 is 0 Å². The van der Waals surface area contributed by atoms with Gasteiger partial charge in [-0.05, 0) is 24.5 Å². The second-order valence-corrected chi connectivity index (χ2v) is 7.80. The Hall–Kier alpha value is -1.24. The topological polar surface area (TPSA) is 109 Å². The van der Waals surface area contributed by atoms with E-state index < -0.39 is 53.4 Å². The van der Waals surface area contributed by atoms with E-state index in [1.807, 2.05) is 0 Å². The molecule has 0 saturated heterocycles. The lowest BCUT2D eigenvalue weighted by molar-refractivity contribution is 0.117. The molecule has 0 heterocycles. The van der Waals surface area contributed by atoms with Crippen molar-refractivity contribution in [1.29, 1.82) is 0 Å². The van der Waals surface area contributed by atoms with Crippen LogP contribution in [0.4, 0.5) is 17.6 Å². The average Bonchev–Trinajstić information content (AvgIpc) is 2.44. The van der Waals surface area contributed by atoms with Gasteiger partial charge in [-0.15, -0.1) is 0 Å². The van der Waals surface area contributed by atoms with Crippen LogP contribution in [0.2, 0.25) is 0 Å². The van der Waals surface area contributed by atoms with Gasteiger partial charge in [-0.25, -0.2) is 0 Å². The summed E-state index contributed by atoms with van der Waals surface area (Å²) in [5.74, 6) is -0.983. The molecule has 0 saturated carbocycles. The monoisotopic (exact) mass is 380 g/mol. The molecule has 1 aliphatic rings. The van der Waals surface area contributed by atoms with E-state index in [0.717, 1.165) is 13.0 Å². The van der Waals surface area contributed by atoms with Crippen molar-refractivity contribution in [2.24, 2.45) is 5.92 Å². The van der Waals surface area contributed by atoms with Crippen LogP contribution in [0, 0.1) is 5.92 Å². The number of allylic oxidation sites excluding steroid dienone is 4. The molecular formula is C11H12F4O6S2. The third-order valence-electron chi connectivity index (χ3n) is 2.98. The normalized spacial score (nSPS) is 21.2. The summed E-state index contributed by atoms with van der Waals surface area (Å²) in [6, 6.07) is 0. The molecular weight excluding hydrogens is 368 g/mol. The van der Waals surface area contributed by atoms with Crippen LogP contribution in [0.1, 0.15) is 13.8 Å². The van der Waals surface area contributed by atoms with Gasteiger partial charge in [0.15, 0.2) is 0 Å². The number of rotatable bonds is 4. The van der Waals surface area contributed by atoms with Crippen LogP contribution in [0.25, 0.3) is 0 Å². The van der Waals surface area contributed by atoms with Gasteiger partial charge in [0, 0.05) is 11.1 Å². The molecule has 23 heavy (non-hydrogen) atoms. The standard InChI is InChI=1S/C11H12F4O6S2/c1-6-3-7(2)9(11(14,15)23(19,20)21)5-8(4-6)10(12,13)22(16,17)18/h3-6H,1-2H3,(H,16,17,18)(H,19,20,21). The zero-order valence-electron chi connectivity index (χ0n) is 11.7. The Labute approximate surface area is 129 Å². The van der Waals surface area contributed by atoms with Gasteiger partial charge in [-0.1, -0.05) is 19.1 Å². The fourth-order valence-electron chi connectivity index (χ4n) is 1.92. The summed E-state index contributed by atoms with van der Waals surface area (Å²) in [6.07, 6.45) is 1.47. The lowest BCUT2D eigenvalue weighted by Crippen LogP contribution is -2.33. The van der Waals surface area contributed by atoms with E-state index in [-0.39, 0.29) is 6.08 Å². The van der Waals surface area contributed by atoms with Crippen LogP contribution < -0.4 is 0 Å². The summed E-state index contributed by atoms with van der Waals surface area (Å²) >= 11 is 0. The maximum absolute atomic E-state index is 13.8. The van der Waals surface area contributed by atoms with Gasteiger partial charge >= 0.3 is 30.7 Å². The maximum Gasteiger partial charge on any atom is 0.395 e. The minimum absolute atomic E-state index is 0.0725. The Bertz CT molecular complexity index is 805. The van der Waals surface area contributed by atoms with E-state index in [4.69, 9.17) is 9.11 Å². The molecule has 0 fully saturated rings. The maximum atomic E-state index is 13.8. The van der Waals surface area contributed by atoms with Crippen LogP contribution in [0.3, 0.4) is 0 Å². The Balaban J connectivity index is 3.71. The number of hydrogen-bond donors (Lipinski definition) is 2. The lowest BCUT2D eigenvalue weighted by atomic mass is 10.0. The fourth-order valence-corrected chi connectivity index (χ4v) is 2.84. The highest BCUT2D eigenvalue weighted by Gasteiger charge is 2.52. The van der Waals surface area contributed by atoms with Gasteiger partial charge < -0.3 is 0 Å². The molecule has 0 spiro atoms. The van der Waals surface area contributed by atoms with Crippen LogP contribution in [-0.2, 0) is 20.2 Å². The van der Waals surface area contributed by atoms with Gasteiger partial charge in [0.05, 0.1) is 0 Å². The molecule has 1 rings (SSSR count). The highest BCUT2D eigenvalue weighted by Crippen LogP contribution is 2.41. The van der Waals surface area contributed by atoms with Gasteiger partial charge in [0.1, 0.15) is 0 Å². The Morgan fingerprint density at radius 3 is 1.78 bits per heavy atom. The van der Waals surface area contributed by atoms with E-state index in [1.165, 1.54) is 6.92 Å². The van der Waals surface area contributed by atoms with Crippen molar-refractivity contribution < 1.29 is 43.5 Å². The van der Waals surface area contributed by atoms with E-state index in [1.54, 1.807) is 0 Å². The Morgan fingerprint density at radius 1 is 0.957 bits per heavy atom. The van der Waals surface area contributed by atoms with Crippen molar-refractivity contribution in [3.8, 4) is 0 Å². The van der Waals surface area contributed by atoms with Crippen LogP contribution in [0.15, 0.2) is 34.9 Å². The Kier molecular flexibility index (Phi) is 4.90. The molecule has 6 nitrogen and oxygen atoms in total. The van der Waals surface area contributed by atoms with Crippen molar-refractivity contribution in [1.82, 2.24) is 0 Å². The third kappa shape index (κ3) is 3.65. The SMILES string of the molecule is CC1=CC(C)C=C(C(F)(F)S(=O)(=O)O)C=C1C(F)(F)S(=O)(=O)O. The predicted molar refractivity (Wildman–Crippen MR) is 72.1 cm³/mol. The minimum Gasteiger partial charge on any atom is -0.281 e. The quantitative estimate of drug-likeness (QED) is 0.573. The highest BCUT2D eigenvalue weighted by atomic mass is 32.2. The molecule has 1 aliphatic carbocycles. The number of halogens is 4. The van der Waals surface area contributed by atoms with Crippen molar-refractivity contribution in [2.75, 3.05) is 0 Å². The van der Waals surface area contributed by atoms with Crippen LogP contribution in [-0.4, -0.2) is 36.5 Å². The highest BCUT2D eigenvalue weighted by molar-refractivity contribution is 7.87. The first-order valence-corrected chi connectivity index (χ1v) is 8.72. The van der Waals surface area contributed by atoms with Gasteiger partial charge in [0.25, 0.3) is 0 Å². The van der Waals surface area contributed by atoms with Crippen molar-refractivity contribution in [3.63, 3.8) is 0 Å². The zero-order chi connectivity index (χ0) is 18.4. The summed E-state index contributed by atoms with van der Waals surface area (Å²) in [6.45, 7) is 2.22. The smallest absolute Gasteiger partial charge is 0.281 e. The average molecular weight is 380 g/mol. The second kappa shape index (κ2) is 5.69. The first-order valence-electron chi connectivity index (χ1n) is 5.84. The van der Waals surface area contributed by atoms with E-state index in [2.05, 4.69) is 0 Å². The number of alkyl halides is 4. The van der Waals surface area contributed by atoms with E-state index in [9.17, 15) is 34.4 Å². The summed E-state index contributed by atoms with van der Waals surface area (Å²) in [7, 11) is -12.0. The molecule has 0 aromatic rings. The summed E-state index contributed by atoms with van der Waals surface area (Å²) in [4.78, 5) is 0. The molecule has 132 valence electrons. The number of hydrogen-bond acceptors (Lipinski definition) is 4. The first kappa shape index (κ1) is 19.8. The van der Waals surface area contributed by atoms with Crippen LogP contribution >= 0.6 is 0 Å². The molecule has 0 aromatic heterocycles. The van der Waals surface area contributed by atoms with Crippen molar-refractivity contribution >= 4 is 20.2 Å². The fraction of sp³-hybridized carbons (Fsp3) is 0.455. The molecule has 0 aliphatic heterocycles. The molecule has 1 unspecified atom stereocenters. The molecule has 0 radical (unpaired) electrons. The second-order valence-electron chi connectivity index (χ2n) is 4.87. The zero-order valence-corrected chi connectivity index (χ0v) is 13.3. The summed E-state index contributed by atoms with van der Waals surface area (Å²) < 4.78 is 115. The molecule has 0 bridgehead atoms. The third-order valence-corrected chi connectivity index (χ3v) is 4.73. The summed E-state index contributed by atoms with van der Waals surface area (Å²) in [5, 5.41) is -9.90. The van der Waals surface area contributed by atoms with Crippen LogP contribution in [0.5, 0.6) is 0 Å². The van der Waals surface area contributed by atoms with Gasteiger partial charge in [-0.2, -0.15) is 34.4 Å². The lowest BCUT2D eigenvalue weighted by Gasteiger charge is -2.19. The molecule has 0 amide bonds. The molecule has 12 heteroatoms. The van der Waals surface area contributed by atoms with E-state index in [0.29, 0.717) is 6.08 Å². The first-order chi connectivity index (χ1) is 10.0. The van der Waals surface area contributed by atoms with Crippen molar-refractivity contribution in [3.05, 3.63) is 34.9 Å².